The lowest BCUT2D eigenvalue weighted by atomic mass is 10.0. The second kappa shape index (κ2) is 6.77. The Kier molecular flexibility index (Phi) is 5.04. The van der Waals surface area contributed by atoms with Gasteiger partial charge in [-0.2, -0.15) is 0 Å². The maximum atomic E-state index is 4.65. The van der Waals surface area contributed by atoms with Crippen molar-refractivity contribution in [2.75, 3.05) is 20.6 Å². The third kappa shape index (κ3) is 3.99. The van der Waals surface area contributed by atoms with Crippen LogP contribution in [0.5, 0.6) is 0 Å². The van der Waals surface area contributed by atoms with Crippen molar-refractivity contribution in [1.82, 2.24) is 20.2 Å². The third-order valence-corrected chi connectivity index (χ3v) is 3.41. The summed E-state index contributed by atoms with van der Waals surface area (Å²) >= 11 is 0. The van der Waals surface area contributed by atoms with Crippen molar-refractivity contribution in [1.29, 1.82) is 0 Å². The van der Waals surface area contributed by atoms with Gasteiger partial charge >= 0.3 is 0 Å². The molecule has 0 aliphatic carbocycles. The summed E-state index contributed by atoms with van der Waals surface area (Å²) in [7, 11) is 4.21. The number of benzene rings is 1. The van der Waals surface area contributed by atoms with E-state index in [1.807, 2.05) is 30.5 Å². The number of aromatic nitrogens is 2. The summed E-state index contributed by atoms with van der Waals surface area (Å²) in [6, 6.07) is 8.43. The molecule has 0 aliphatic rings. The Labute approximate surface area is 121 Å². The van der Waals surface area contributed by atoms with E-state index in [0.717, 1.165) is 29.8 Å². The molecule has 4 heteroatoms. The van der Waals surface area contributed by atoms with Crippen LogP contribution >= 0.6 is 0 Å². The first kappa shape index (κ1) is 14.9. The molecule has 20 heavy (non-hydrogen) atoms. The van der Waals surface area contributed by atoms with Gasteiger partial charge in [-0.15, -0.1) is 0 Å². The molecule has 0 aliphatic heterocycles. The average molecular weight is 272 g/mol. The smallest absolute Gasteiger partial charge is 0.0890 e. The Morgan fingerprint density at radius 1 is 1.15 bits per heavy atom. The maximum Gasteiger partial charge on any atom is 0.0890 e. The van der Waals surface area contributed by atoms with Gasteiger partial charge < -0.3 is 10.2 Å². The number of hydrogen-bond acceptors (Lipinski definition) is 4. The van der Waals surface area contributed by atoms with Crippen LogP contribution in [-0.2, 0) is 6.54 Å². The maximum absolute atomic E-state index is 4.65. The Bertz CT molecular complexity index is 551. The van der Waals surface area contributed by atoms with E-state index >= 15 is 0 Å². The topological polar surface area (TPSA) is 41.0 Å². The van der Waals surface area contributed by atoms with E-state index in [1.165, 1.54) is 0 Å². The fraction of sp³-hybridized carbons (Fsp3) is 0.500. The summed E-state index contributed by atoms with van der Waals surface area (Å²) in [5, 5.41) is 3.59. The molecule has 2 aromatic rings. The minimum absolute atomic E-state index is 0.457. The number of likely N-dealkylation sites (N-methyl/N-ethyl adjacent to an activating group) is 1. The van der Waals surface area contributed by atoms with Crippen LogP contribution in [0.1, 0.15) is 19.5 Å². The summed E-state index contributed by atoms with van der Waals surface area (Å²) in [4.78, 5) is 11.3. The molecule has 0 fully saturated rings. The van der Waals surface area contributed by atoms with Crippen LogP contribution in [0, 0.1) is 5.92 Å². The standard InChI is InChI=1S/C16H24N4/c1-12(2)16(11-20(3)4)18-10-13-9-17-14-7-5-6-8-15(14)19-13/h5-9,12,16,18H,10-11H2,1-4H3. The zero-order chi connectivity index (χ0) is 14.5. The Morgan fingerprint density at radius 3 is 2.50 bits per heavy atom. The normalized spacial score (nSPS) is 13.3. The summed E-state index contributed by atoms with van der Waals surface area (Å²) in [6.07, 6.45) is 1.86. The predicted molar refractivity (Wildman–Crippen MR) is 83.6 cm³/mol. The van der Waals surface area contributed by atoms with Gasteiger partial charge in [0.2, 0.25) is 0 Å². The average Bonchev–Trinajstić information content (AvgIpc) is 2.42. The molecular weight excluding hydrogens is 248 g/mol. The molecule has 1 unspecified atom stereocenters. The first-order chi connectivity index (χ1) is 9.56. The monoisotopic (exact) mass is 272 g/mol. The van der Waals surface area contributed by atoms with Gasteiger partial charge in [0.1, 0.15) is 0 Å². The summed E-state index contributed by atoms with van der Waals surface area (Å²) in [5.74, 6) is 0.589. The van der Waals surface area contributed by atoms with Gasteiger partial charge in [-0.3, -0.25) is 4.98 Å². The van der Waals surface area contributed by atoms with Crippen LogP contribution in [0.4, 0.5) is 0 Å². The highest BCUT2D eigenvalue weighted by Crippen LogP contribution is 2.09. The lowest BCUT2D eigenvalue weighted by molar-refractivity contribution is 0.287. The molecular formula is C16H24N4. The van der Waals surface area contributed by atoms with Gasteiger partial charge in [0.15, 0.2) is 0 Å². The van der Waals surface area contributed by atoms with Crippen molar-refractivity contribution in [3.8, 4) is 0 Å². The van der Waals surface area contributed by atoms with Crippen LogP contribution in [0.2, 0.25) is 0 Å². The molecule has 0 amide bonds. The van der Waals surface area contributed by atoms with Crippen LogP contribution in [0.25, 0.3) is 11.0 Å². The summed E-state index contributed by atoms with van der Waals surface area (Å²) in [5.41, 5.74) is 2.90. The van der Waals surface area contributed by atoms with E-state index < -0.39 is 0 Å². The second-order valence-corrected chi connectivity index (χ2v) is 5.84. The van der Waals surface area contributed by atoms with E-state index in [1.54, 1.807) is 0 Å². The van der Waals surface area contributed by atoms with Crippen molar-refractivity contribution < 1.29 is 0 Å². The molecule has 0 radical (unpaired) electrons. The van der Waals surface area contributed by atoms with Gasteiger partial charge in [0.25, 0.3) is 0 Å². The van der Waals surface area contributed by atoms with Crippen LogP contribution in [-0.4, -0.2) is 41.5 Å². The number of hydrogen-bond donors (Lipinski definition) is 1. The molecule has 1 N–H and O–H groups in total. The molecule has 108 valence electrons. The highest BCUT2D eigenvalue weighted by molar-refractivity contribution is 5.73. The molecule has 0 saturated heterocycles. The van der Waals surface area contributed by atoms with Crippen LogP contribution < -0.4 is 5.32 Å². The van der Waals surface area contributed by atoms with E-state index in [-0.39, 0.29) is 0 Å². The lowest BCUT2D eigenvalue weighted by Gasteiger charge is -2.25. The molecule has 0 bridgehead atoms. The van der Waals surface area contributed by atoms with Crippen molar-refractivity contribution in [3.63, 3.8) is 0 Å². The number of nitrogens with one attached hydrogen (secondary N) is 1. The Hall–Kier alpha value is -1.52. The van der Waals surface area contributed by atoms with Crippen molar-refractivity contribution in [2.24, 2.45) is 5.92 Å². The van der Waals surface area contributed by atoms with Crippen molar-refractivity contribution in [2.45, 2.75) is 26.4 Å². The fourth-order valence-corrected chi connectivity index (χ4v) is 2.22. The van der Waals surface area contributed by atoms with Crippen molar-refractivity contribution >= 4 is 11.0 Å². The van der Waals surface area contributed by atoms with Crippen LogP contribution in [0.3, 0.4) is 0 Å². The minimum atomic E-state index is 0.457. The van der Waals surface area contributed by atoms with E-state index in [4.69, 9.17) is 0 Å². The van der Waals surface area contributed by atoms with E-state index in [0.29, 0.717) is 12.0 Å². The zero-order valence-corrected chi connectivity index (χ0v) is 12.8. The van der Waals surface area contributed by atoms with Gasteiger partial charge in [0, 0.05) is 19.1 Å². The molecule has 2 rings (SSSR count). The third-order valence-electron chi connectivity index (χ3n) is 3.41. The second-order valence-electron chi connectivity index (χ2n) is 5.84. The molecule has 1 atom stereocenters. The van der Waals surface area contributed by atoms with Gasteiger partial charge in [0.05, 0.1) is 22.9 Å². The Balaban J connectivity index is 2.03. The number of rotatable bonds is 6. The quantitative estimate of drug-likeness (QED) is 0.876. The first-order valence-corrected chi connectivity index (χ1v) is 7.15. The predicted octanol–water partition coefficient (Wildman–Crippen LogP) is 2.31. The number of para-hydroxylation sites is 2. The number of fused-ring (bicyclic) bond motifs is 1. The molecule has 1 heterocycles. The lowest BCUT2D eigenvalue weighted by Crippen LogP contribution is -2.41. The first-order valence-electron chi connectivity index (χ1n) is 7.15. The van der Waals surface area contributed by atoms with Gasteiger partial charge in [-0.05, 0) is 32.1 Å². The fourth-order valence-electron chi connectivity index (χ4n) is 2.22. The van der Waals surface area contributed by atoms with E-state index in [2.05, 4.69) is 48.1 Å². The molecule has 1 aromatic heterocycles. The molecule has 0 saturated carbocycles. The Morgan fingerprint density at radius 2 is 1.85 bits per heavy atom. The molecule has 1 aromatic carbocycles. The van der Waals surface area contributed by atoms with Crippen LogP contribution in [0.15, 0.2) is 30.5 Å². The zero-order valence-electron chi connectivity index (χ0n) is 12.8. The van der Waals surface area contributed by atoms with Gasteiger partial charge in [-0.25, -0.2) is 4.98 Å². The number of nitrogens with zero attached hydrogens (tertiary/aromatic N) is 3. The summed E-state index contributed by atoms with van der Waals surface area (Å²) < 4.78 is 0. The minimum Gasteiger partial charge on any atom is -0.308 e. The largest absolute Gasteiger partial charge is 0.308 e. The SMILES string of the molecule is CC(C)C(CN(C)C)NCc1cnc2ccccc2n1. The van der Waals surface area contributed by atoms with Crippen molar-refractivity contribution in [3.05, 3.63) is 36.2 Å². The summed E-state index contributed by atoms with van der Waals surface area (Å²) in [6.45, 7) is 6.27. The molecule has 0 spiro atoms. The molecule has 4 nitrogen and oxygen atoms in total. The highest BCUT2D eigenvalue weighted by atomic mass is 15.1. The van der Waals surface area contributed by atoms with Gasteiger partial charge in [-0.1, -0.05) is 26.0 Å². The highest BCUT2D eigenvalue weighted by Gasteiger charge is 2.14. The van der Waals surface area contributed by atoms with E-state index in [9.17, 15) is 0 Å².